The van der Waals surface area contributed by atoms with Crippen LogP contribution in [0.5, 0.6) is 0 Å². The number of amides is 2. The summed E-state index contributed by atoms with van der Waals surface area (Å²) in [6, 6.07) is 12.1. The number of nitrogens with zero attached hydrogens (tertiary/aromatic N) is 1. The van der Waals surface area contributed by atoms with Crippen LogP contribution in [0.4, 0.5) is 0 Å². The number of hydrogen-bond acceptors (Lipinski definition) is 3. The number of carbonyl (C=O) groups excluding carboxylic acids is 2. The highest BCUT2D eigenvalue weighted by molar-refractivity contribution is 7.99. The second-order valence-corrected chi connectivity index (χ2v) is 9.57. The van der Waals surface area contributed by atoms with Gasteiger partial charge in [0.25, 0.3) is 0 Å². The van der Waals surface area contributed by atoms with E-state index in [0.717, 1.165) is 12.0 Å². The van der Waals surface area contributed by atoms with E-state index in [4.69, 9.17) is 34.8 Å². The Kier molecular flexibility index (Phi) is 10.5. The van der Waals surface area contributed by atoms with E-state index >= 15 is 0 Å². The molecule has 0 radical (unpaired) electrons. The summed E-state index contributed by atoms with van der Waals surface area (Å²) in [7, 11) is 0. The molecule has 0 spiro atoms. The Morgan fingerprint density at radius 1 is 1.03 bits per heavy atom. The van der Waals surface area contributed by atoms with Crippen LogP contribution in [-0.4, -0.2) is 34.6 Å². The summed E-state index contributed by atoms with van der Waals surface area (Å²) in [5, 5.41) is 4.56. The van der Waals surface area contributed by atoms with E-state index in [2.05, 4.69) is 5.32 Å². The molecule has 4 nitrogen and oxygen atoms in total. The van der Waals surface area contributed by atoms with E-state index in [0.29, 0.717) is 26.4 Å². The van der Waals surface area contributed by atoms with Crippen LogP contribution in [0.1, 0.15) is 38.3 Å². The Morgan fingerprint density at radius 2 is 1.65 bits per heavy atom. The monoisotopic (exact) mass is 500 g/mol. The summed E-state index contributed by atoms with van der Waals surface area (Å²) < 4.78 is 0. The van der Waals surface area contributed by atoms with Crippen molar-refractivity contribution in [1.82, 2.24) is 10.2 Å². The van der Waals surface area contributed by atoms with Crippen LogP contribution >= 0.6 is 46.6 Å². The number of halogens is 3. The molecule has 0 bridgehead atoms. The lowest BCUT2D eigenvalue weighted by atomic mass is 10.1. The van der Waals surface area contributed by atoms with Crippen molar-refractivity contribution >= 4 is 58.4 Å². The first-order valence-electron chi connectivity index (χ1n) is 10.1. The summed E-state index contributed by atoms with van der Waals surface area (Å²) >= 11 is 20.1. The van der Waals surface area contributed by atoms with Crippen molar-refractivity contribution in [3.63, 3.8) is 0 Å². The topological polar surface area (TPSA) is 49.4 Å². The molecule has 0 aliphatic carbocycles. The van der Waals surface area contributed by atoms with Gasteiger partial charge in [-0.2, -0.15) is 0 Å². The van der Waals surface area contributed by atoms with Crippen molar-refractivity contribution in [3.05, 3.63) is 68.7 Å². The molecule has 1 N–H and O–H groups in total. The first kappa shape index (κ1) is 25.9. The third kappa shape index (κ3) is 7.90. The number of benzene rings is 2. The Balaban J connectivity index is 2.14. The minimum Gasteiger partial charge on any atom is -0.352 e. The predicted octanol–water partition coefficient (Wildman–Crippen LogP) is 6.21. The highest BCUT2D eigenvalue weighted by atomic mass is 35.5. The zero-order valence-corrected chi connectivity index (χ0v) is 20.9. The standard InChI is InChI=1S/C23H27Cl3N2O2S/c1-4-15(2)27-23(30)16(3)28(12-19-20(25)6-5-7-21(19)26)22(29)14-31-13-17-8-10-18(24)11-9-17/h5-11,15-16H,4,12-14H2,1-3H3,(H,27,30)/t15-,16+/m1/s1. The largest absolute Gasteiger partial charge is 0.352 e. The van der Waals surface area contributed by atoms with Gasteiger partial charge in [-0.1, -0.05) is 59.9 Å². The molecule has 2 amide bonds. The molecule has 0 unspecified atom stereocenters. The normalized spacial score (nSPS) is 12.8. The summed E-state index contributed by atoms with van der Waals surface area (Å²) in [5.74, 6) is 0.540. The molecule has 0 aromatic heterocycles. The Hall–Kier alpha value is -1.40. The van der Waals surface area contributed by atoms with Gasteiger partial charge in [-0.25, -0.2) is 0 Å². The van der Waals surface area contributed by atoms with Gasteiger partial charge in [-0.15, -0.1) is 11.8 Å². The van der Waals surface area contributed by atoms with Crippen LogP contribution in [-0.2, 0) is 21.9 Å². The van der Waals surface area contributed by atoms with Gasteiger partial charge >= 0.3 is 0 Å². The fourth-order valence-corrected chi connectivity index (χ4v) is 4.34. The molecule has 2 rings (SSSR count). The lowest BCUT2D eigenvalue weighted by Crippen LogP contribution is -2.50. The Morgan fingerprint density at radius 3 is 2.23 bits per heavy atom. The molecule has 0 fully saturated rings. The molecule has 2 atom stereocenters. The van der Waals surface area contributed by atoms with Crippen LogP contribution in [0.2, 0.25) is 15.1 Å². The molecule has 2 aromatic rings. The van der Waals surface area contributed by atoms with E-state index in [9.17, 15) is 9.59 Å². The van der Waals surface area contributed by atoms with Crippen LogP contribution < -0.4 is 5.32 Å². The van der Waals surface area contributed by atoms with Crippen molar-refractivity contribution in [3.8, 4) is 0 Å². The maximum absolute atomic E-state index is 13.1. The van der Waals surface area contributed by atoms with Crippen LogP contribution in [0.25, 0.3) is 0 Å². The summed E-state index contributed by atoms with van der Waals surface area (Å²) in [5.41, 5.74) is 1.70. The maximum Gasteiger partial charge on any atom is 0.242 e. The van der Waals surface area contributed by atoms with Gasteiger partial charge in [-0.3, -0.25) is 9.59 Å². The molecule has 0 aliphatic heterocycles. The van der Waals surface area contributed by atoms with Gasteiger partial charge in [0.15, 0.2) is 0 Å². The number of hydrogen-bond donors (Lipinski definition) is 1. The first-order chi connectivity index (χ1) is 14.7. The maximum atomic E-state index is 13.1. The van der Waals surface area contributed by atoms with Gasteiger partial charge in [0.1, 0.15) is 6.04 Å². The van der Waals surface area contributed by atoms with E-state index in [-0.39, 0.29) is 30.2 Å². The molecular formula is C23H27Cl3N2O2S. The van der Waals surface area contributed by atoms with Crippen molar-refractivity contribution in [1.29, 1.82) is 0 Å². The van der Waals surface area contributed by atoms with E-state index in [1.807, 2.05) is 38.1 Å². The molecule has 0 heterocycles. The smallest absolute Gasteiger partial charge is 0.242 e. The predicted molar refractivity (Wildman–Crippen MR) is 132 cm³/mol. The highest BCUT2D eigenvalue weighted by Crippen LogP contribution is 2.27. The van der Waals surface area contributed by atoms with Gasteiger partial charge in [0.05, 0.1) is 5.75 Å². The number of thioether (sulfide) groups is 1. The zero-order chi connectivity index (χ0) is 23.0. The average molecular weight is 502 g/mol. The molecule has 2 aromatic carbocycles. The third-order valence-electron chi connectivity index (χ3n) is 4.97. The molecular weight excluding hydrogens is 475 g/mol. The summed E-state index contributed by atoms with van der Waals surface area (Å²) in [6.45, 7) is 5.82. The zero-order valence-electron chi connectivity index (χ0n) is 17.8. The van der Waals surface area contributed by atoms with Gasteiger partial charge in [0.2, 0.25) is 11.8 Å². The molecule has 0 saturated heterocycles. The minimum atomic E-state index is -0.662. The number of nitrogens with one attached hydrogen (secondary N) is 1. The minimum absolute atomic E-state index is 0.0232. The SMILES string of the molecule is CC[C@@H](C)NC(=O)[C@H](C)N(Cc1c(Cl)cccc1Cl)C(=O)CSCc1ccc(Cl)cc1. The van der Waals surface area contributed by atoms with Crippen molar-refractivity contribution in [2.75, 3.05) is 5.75 Å². The Bertz CT molecular complexity index is 873. The van der Waals surface area contributed by atoms with E-state index in [1.54, 1.807) is 30.0 Å². The summed E-state index contributed by atoms with van der Waals surface area (Å²) in [4.78, 5) is 27.4. The molecule has 8 heteroatoms. The first-order valence-corrected chi connectivity index (χ1v) is 12.4. The fourth-order valence-electron chi connectivity index (χ4n) is 2.82. The summed E-state index contributed by atoms with van der Waals surface area (Å²) in [6.07, 6.45) is 0.805. The van der Waals surface area contributed by atoms with Crippen molar-refractivity contribution in [2.45, 2.75) is 51.6 Å². The number of carbonyl (C=O) groups is 2. The molecule has 0 aliphatic rings. The van der Waals surface area contributed by atoms with E-state index < -0.39 is 6.04 Å². The fraction of sp³-hybridized carbons (Fsp3) is 0.391. The second kappa shape index (κ2) is 12.6. The van der Waals surface area contributed by atoms with Crippen LogP contribution in [0.15, 0.2) is 42.5 Å². The lowest BCUT2D eigenvalue weighted by molar-refractivity contribution is -0.138. The Labute approximate surface area is 203 Å². The second-order valence-electron chi connectivity index (χ2n) is 7.33. The van der Waals surface area contributed by atoms with Gasteiger partial charge < -0.3 is 10.2 Å². The number of rotatable bonds is 10. The average Bonchev–Trinajstić information content (AvgIpc) is 2.74. The van der Waals surface area contributed by atoms with E-state index in [1.165, 1.54) is 11.8 Å². The third-order valence-corrected chi connectivity index (χ3v) is 6.91. The molecule has 31 heavy (non-hydrogen) atoms. The lowest BCUT2D eigenvalue weighted by Gasteiger charge is -2.30. The molecule has 168 valence electrons. The van der Waals surface area contributed by atoms with Crippen molar-refractivity contribution in [2.24, 2.45) is 0 Å². The van der Waals surface area contributed by atoms with Gasteiger partial charge in [-0.05, 0) is 50.1 Å². The van der Waals surface area contributed by atoms with Crippen molar-refractivity contribution < 1.29 is 9.59 Å². The quantitative estimate of drug-likeness (QED) is 0.421. The van der Waals surface area contributed by atoms with Crippen LogP contribution in [0.3, 0.4) is 0 Å². The highest BCUT2D eigenvalue weighted by Gasteiger charge is 2.27. The van der Waals surface area contributed by atoms with Gasteiger partial charge in [0, 0.05) is 39.0 Å². The van der Waals surface area contributed by atoms with Crippen LogP contribution in [0, 0.1) is 0 Å². The molecule has 0 saturated carbocycles.